The third kappa shape index (κ3) is 4.49. The summed E-state index contributed by atoms with van der Waals surface area (Å²) in [6, 6.07) is 12.8. The van der Waals surface area contributed by atoms with Crippen molar-refractivity contribution < 1.29 is 32.9 Å². The van der Waals surface area contributed by atoms with Crippen LogP contribution in [0, 0.1) is 11.6 Å². The van der Waals surface area contributed by atoms with Crippen LogP contribution in [0.5, 0.6) is 0 Å². The molecule has 0 atom stereocenters. The van der Waals surface area contributed by atoms with Crippen LogP contribution in [-0.2, 0) is 9.53 Å². The van der Waals surface area contributed by atoms with E-state index < -0.39 is 6.09 Å². The number of amides is 2. The molecule has 2 aromatic rings. The molecule has 0 spiro atoms. The van der Waals surface area contributed by atoms with Gasteiger partial charge in [0.15, 0.2) is 6.54 Å². The fourth-order valence-electron chi connectivity index (χ4n) is 4.29. The molecule has 0 saturated carbocycles. The standard InChI is InChI=1S/C22H23F2N3O3/c23-18-5-1-16(2-6-18)21(17-3-7-19(24)8-4-17)26-11-9-25(10-12-26)15-20(28)27-13-14-30-22(27)29/h1-8,21H,9-15H2/p+2. The van der Waals surface area contributed by atoms with E-state index in [4.69, 9.17) is 4.74 Å². The molecule has 0 radical (unpaired) electrons. The Balaban J connectivity index is 1.45. The lowest BCUT2D eigenvalue weighted by atomic mass is 9.96. The topological polar surface area (TPSA) is 55.5 Å². The Kier molecular flexibility index (Phi) is 6.06. The minimum Gasteiger partial charge on any atom is -0.447 e. The maximum absolute atomic E-state index is 13.4. The van der Waals surface area contributed by atoms with E-state index in [-0.39, 0.29) is 36.7 Å². The first kappa shape index (κ1) is 20.4. The monoisotopic (exact) mass is 417 g/mol. The fraction of sp³-hybridized carbons (Fsp3) is 0.364. The van der Waals surface area contributed by atoms with Crippen LogP contribution in [0.4, 0.5) is 13.6 Å². The normalized spacial score (nSPS) is 21.7. The molecular formula is C22H25F2N3O3+2. The highest BCUT2D eigenvalue weighted by Crippen LogP contribution is 2.20. The van der Waals surface area contributed by atoms with E-state index in [1.165, 1.54) is 34.1 Å². The number of nitrogens with zero attached hydrogens (tertiary/aromatic N) is 1. The zero-order valence-electron chi connectivity index (χ0n) is 16.6. The summed E-state index contributed by atoms with van der Waals surface area (Å²) < 4.78 is 31.7. The van der Waals surface area contributed by atoms with Crippen molar-refractivity contribution in [1.82, 2.24) is 4.90 Å². The smallest absolute Gasteiger partial charge is 0.416 e. The molecule has 4 rings (SSSR count). The summed E-state index contributed by atoms with van der Waals surface area (Å²) in [7, 11) is 0. The van der Waals surface area contributed by atoms with Gasteiger partial charge in [0.25, 0.3) is 5.91 Å². The van der Waals surface area contributed by atoms with E-state index >= 15 is 0 Å². The van der Waals surface area contributed by atoms with E-state index in [1.54, 1.807) is 24.3 Å². The Morgan fingerprint density at radius 1 is 0.933 bits per heavy atom. The molecule has 158 valence electrons. The zero-order chi connectivity index (χ0) is 21.1. The van der Waals surface area contributed by atoms with Crippen LogP contribution in [0.25, 0.3) is 0 Å². The first-order valence-corrected chi connectivity index (χ1v) is 10.2. The molecule has 0 aliphatic carbocycles. The maximum atomic E-state index is 13.4. The quantitative estimate of drug-likeness (QED) is 0.710. The number of benzene rings is 2. The van der Waals surface area contributed by atoms with Crippen molar-refractivity contribution in [2.75, 3.05) is 45.9 Å². The van der Waals surface area contributed by atoms with Gasteiger partial charge < -0.3 is 14.5 Å². The molecule has 8 heteroatoms. The Morgan fingerprint density at radius 2 is 1.47 bits per heavy atom. The highest BCUT2D eigenvalue weighted by Gasteiger charge is 2.35. The van der Waals surface area contributed by atoms with Gasteiger partial charge in [-0.05, 0) is 48.5 Å². The van der Waals surface area contributed by atoms with Crippen LogP contribution < -0.4 is 9.80 Å². The molecule has 2 amide bonds. The number of nitrogens with one attached hydrogen (secondary N) is 2. The molecule has 2 heterocycles. The number of carbonyl (C=O) groups excluding carboxylic acids is 2. The number of ether oxygens (including phenoxy) is 1. The summed E-state index contributed by atoms with van der Waals surface area (Å²) in [5.41, 5.74) is 1.94. The number of halogens is 2. The first-order valence-electron chi connectivity index (χ1n) is 10.2. The Bertz CT molecular complexity index is 851. The zero-order valence-corrected chi connectivity index (χ0v) is 16.6. The van der Waals surface area contributed by atoms with Crippen LogP contribution in [0.3, 0.4) is 0 Å². The Labute approximate surface area is 173 Å². The average molecular weight is 417 g/mol. The minimum absolute atomic E-state index is 0.0444. The molecule has 2 N–H and O–H groups in total. The second-order valence-corrected chi connectivity index (χ2v) is 7.78. The van der Waals surface area contributed by atoms with Gasteiger partial charge in [0.05, 0.1) is 6.54 Å². The number of quaternary nitrogens is 2. The van der Waals surface area contributed by atoms with Crippen LogP contribution in [0.1, 0.15) is 17.2 Å². The highest BCUT2D eigenvalue weighted by molar-refractivity contribution is 5.93. The Hall–Kier alpha value is -2.84. The first-order chi connectivity index (χ1) is 14.5. The van der Waals surface area contributed by atoms with Crippen LogP contribution in [0.15, 0.2) is 48.5 Å². The number of piperazine rings is 1. The fourth-order valence-corrected chi connectivity index (χ4v) is 4.29. The number of rotatable bonds is 5. The van der Waals surface area contributed by atoms with Gasteiger partial charge in [-0.25, -0.2) is 18.5 Å². The molecule has 0 aromatic heterocycles. The third-order valence-electron chi connectivity index (χ3n) is 5.88. The van der Waals surface area contributed by atoms with Gasteiger partial charge in [-0.15, -0.1) is 0 Å². The number of imide groups is 1. The van der Waals surface area contributed by atoms with Crippen molar-refractivity contribution in [1.29, 1.82) is 0 Å². The summed E-state index contributed by atoms with van der Waals surface area (Å²) in [4.78, 5) is 27.5. The molecule has 2 aliphatic heterocycles. The van der Waals surface area contributed by atoms with Crippen molar-refractivity contribution in [3.63, 3.8) is 0 Å². The summed E-state index contributed by atoms with van der Waals surface area (Å²) >= 11 is 0. The van der Waals surface area contributed by atoms with Gasteiger partial charge in [0, 0.05) is 11.1 Å². The average Bonchev–Trinajstić information content (AvgIpc) is 3.18. The van der Waals surface area contributed by atoms with E-state index in [0.29, 0.717) is 6.54 Å². The van der Waals surface area contributed by atoms with Crippen molar-refractivity contribution in [3.8, 4) is 0 Å². The minimum atomic E-state index is -0.559. The molecular weight excluding hydrogens is 392 g/mol. The van der Waals surface area contributed by atoms with E-state index in [0.717, 1.165) is 42.2 Å². The van der Waals surface area contributed by atoms with Gasteiger partial charge in [-0.2, -0.15) is 0 Å². The lowest BCUT2D eigenvalue weighted by Gasteiger charge is -2.35. The molecule has 30 heavy (non-hydrogen) atoms. The third-order valence-corrected chi connectivity index (χ3v) is 5.88. The molecule has 0 bridgehead atoms. The summed E-state index contributed by atoms with van der Waals surface area (Å²) in [5, 5.41) is 0. The SMILES string of the molecule is O=C(C[NH+]1CC[NH+](C(c2ccc(F)cc2)c2ccc(F)cc2)CC1)N1CCOC1=O. The second kappa shape index (κ2) is 8.89. The van der Waals surface area contributed by atoms with Gasteiger partial charge in [-0.3, -0.25) is 4.79 Å². The maximum Gasteiger partial charge on any atom is 0.416 e. The van der Waals surface area contributed by atoms with Gasteiger partial charge >= 0.3 is 6.09 Å². The molecule has 2 saturated heterocycles. The number of hydrogen-bond acceptors (Lipinski definition) is 3. The molecule has 2 fully saturated rings. The summed E-state index contributed by atoms with van der Waals surface area (Å²) in [6.45, 7) is 3.97. The predicted octanol–water partition coefficient (Wildman–Crippen LogP) is -0.184. The molecule has 2 aromatic carbocycles. The molecule has 6 nitrogen and oxygen atoms in total. The Morgan fingerprint density at radius 3 is 1.93 bits per heavy atom. The number of cyclic esters (lactones) is 1. The van der Waals surface area contributed by atoms with Crippen molar-refractivity contribution >= 4 is 12.0 Å². The van der Waals surface area contributed by atoms with E-state index in [9.17, 15) is 18.4 Å². The summed E-state index contributed by atoms with van der Waals surface area (Å²) in [5.74, 6) is -0.788. The lowest BCUT2D eigenvalue weighted by molar-refractivity contribution is -1.02. The largest absolute Gasteiger partial charge is 0.447 e. The van der Waals surface area contributed by atoms with Crippen LogP contribution in [-0.4, -0.2) is 62.8 Å². The molecule has 2 aliphatic rings. The van der Waals surface area contributed by atoms with Crippen molar-refractivity contribution in [2.24, 2.45) is 0 Å². The second-order valence-electron chi connectivity index (χ2n) is 7.78. The number of hydrogen-bond donors (Lipinski definition) is 2. The molecule has 0 unspecified atom stereocenters. The predicted molar refractivity (Wildman–Crippen MR) is 104 cm³/mol. The lowest BCUT2D eigenvalue weighted by Crippen LogP contribution is -3.28. The van der Waals surface area contributed by atoms with Gasteiger partial charge in [0.2, 0.25) is 0 Å². The van der Waals surface area contributed by atoms with Crippen LogP contribution in [0.2, 0.25) is 0 Å². The van der Waals surface area contributed by atoms with Crippen LogP contribution >= 0.6 is 0 Å². The van der Waals surface area contributed by atoms with Gasteiger partial charge in [-0.1, -0.05) is 0 Å². The van der Waals surface area contributed by atoms with Crippen molar-refractivity contribution in [3.05, 3.63) is 71.3 Å². The number of carbonyl (C=O) groups is 2. The van der Waals surface area contributed by atoms with E-state index in [2.05, 4.69) is 0 Å². The van der Waals surface area contributed by atoms with Crippen molar-refractivity contribution in [2.45, 2.75) is 6.04 Å². The highest BCUT2D eigenvalue weighted by atomic mass is 19.1. The summed E-state index contributed by atoms with van der Waals surface area (Å²) in [6.07, 6.45) is -0.559. The van der Waals surface area contributed by atoms with E-state index in [1.807, 2.05) is 0 Å². The van der Waals surface area contributed by atoms with Gasteiger partial charge in [0.1, 0.15) is 50.5 Å².